The number of rotatable bonds is 3. The lowest BCUT2D eigenvalue weighted by molar-refractivity contribution is 0.102. The molecule has 1 amide bonds. The van der Waals surface area contributed by atoms with Crippen molar-refractivity contribution in [2.45, 2.75) is 18.9 Å². The van der Waals surface area contributed by atoms with E-state index in [4.69, 9.17) is 0 Å². The molecular formula is C14H15ClF3N5O. The van der Waals surface area contributed by atoms with Crippen molar-refractivity contribution in [3.05, 3.63) is 41.5 Å². The Morgan fingerprint density at radius 3 is 2.54 bits per heavy atom. The number of hydrogen-bond donors (Lipinski definition) is 2. The summed E-state index contributed by atoms with van der Waals surface area (Å²) >= 11 is 0. The molecule has 1 aliphatic heterocycles. The summed E-state index contributed by atoms with van der Waals surface area (Å²) in [7, 11) is 0. The van der Waals surface area contributed by atoms with E-state index in [0.717, 1.165) is 25.9 Å². The van der Waals surface area contributed by atoms with Crippen molar-refractivity contribution in [3.8, 4) is 0 Å². The van der Waals surface area contributed by atoms with E-state index in [1.54, 1.807) is 4.68 Å². The van der Waals surface area contributed by atoms with E-state index in [2.05, 4.69) is 20.9 Å². The van der Waals surface area contributed by atoms with Gasteiger partial charge < -0.3 is 10.6 Å². The number of carbonyl (C=O) groups excluding carboxylic acids is 1. The van der Waals surface area contributed by atoms with Crippen LogP contribution < -0.4 is 10.6 Å². The third-order valence-electron chi connectivity index (χ3n) is 3.68. The third kappa shape index (κ3) is 3.85. The van der Waals surface area contributed by atoms with Gasteiger partial charge in [-0.1, -0.05) is 5.21 Å². The number of nitrogens with zero attached hydrogens (tertiary/aromatic N) is 3. The number of hydrogen-bond acceptors (Lipinski definition) is 4. The molecule has 2 aromatic rings. The molecule has 10 heteroatoms. The molecule has 6 nitrogen and oxygen atoms in total. The van der Waals surface area contributed by atoms with Crippen LogP contribution in [0.4, 0.5) is 18.9 Å². The van der Waals surface area contributed by atoms with Crippen molar-refractivity contribution in [2.75, 3.05) is 18.4 Å². The zero-order chi connectivity index (χ0) is 16.4. The van der Waals surface area contributed by atoms with Crippen LogP contribution in [0.1, 0.15) is 29.4 Å². The van der Waals surface area contributed by atoms with Crippen LogP contribution in [0.25, 0.3) is 0 Å². The number of amides is 1. The van der Waals surface area contributed by atoms with Crippen molar-refractivity contribution in [1.82, 2.24) is 20.3 Å². The molecule has 0 atom stereocenters. The van der Waals surface area contributed by atoms with Gasteiger partial charge in [-0.15, -0.1) is 17.5 Å². The maximum atomic E-state index is 13.5. The normalized spacial score (nSPS) is 15.0. The quantitative estimate of drug-likeness (QED) is 0.823. The number of piperidine rings is 1. The Hall–Kier alpha value is -2.13. The summed E-state index contributed by atoms with van der Waals surface area (Å²) in [5.41, 5.74) is -0.474. The number of benzene rings is 1. The molecule has 2 heterocycles. The highest BCUT2D eigenvalue weighted by Gasteiger charge is 2.20. The Bertz CT molecular complexity index is 733. The molecule has 1 aromatic carbocycles. The number of aromatic nitrogens is 3. The molecule has 1 aromatic heterocycles. The molecule has 24 heavy (non-hydrogen) atoms. The molecule has 1 aliphatic rings. The molecule has 0 radical (unpaired) electrons. The van der Waals surface area contributed by atoms with Crippen LogP contribution >= 0.6 is 12.4 Å². The molecule has 0 bridgehead atoms. The van der Waals surface area contributed by atoms with Crippen LogP contribution in [0.3, 0.4) is 0 Å². The lowest BCUT2D eigenvalue weighted by Gasteiger charge is -2.22. The fourth-order valence-corrected chi connectivity index (χ4v) is 2.44. The van der Waals surface area contributed by atoms with Gasteiger partial charge in [-0.2, -0.15) is 0 Å². The Balaban J connectivity index is 0.00000208. The summed E-state index contributed by atoms with van der Waals surface area (Å²) in [4.78, 5) is 12.0. The van der Waals surface area contributed by atoms with Gasteiger partial charge in [-0.3, -0.25) is 4.79 Å². The predicted molar refractivity (Wildman–Crippen MR) is 82.7 cm³/mol. The van der Waals surface area contributed by atoms with Crippen LogP contribution in [0.15, 0.2) is 18.3 Å². The summed E-state index contributed by atoms with van der Waals surface area (Å²) < 4.78 is 41.1. The first-order valence-corrected chi connectivity index (χ1v) is 7.13. The molecule has 1 fully saturated rings. The van der Waals surface area contributed by atoms with E-state index in [-0.39, 0.29) is 24.1 Å². The maximum Gasteiger partial charge on any atom is 0.277 e. The zero-order valence-electron chi connectivity index (χ0n) is 12.4. The minimum absolute atomic E-state index is 0. The second-order valence-corrected chi connectivity index (χ2v) is 5.27. The number of anilines is 1. The Kier molecular flexibility index (Phi) is 5.79. The van der Waals surface area contributed by atoms with Crippen molar-refractivity contribution in [3.63, 3.8) is 0 Å². The predicted octanol–water partition coefficient (Wildman–Crippen LogP) is 2.29. The molecule has 130 valence electrons. The van der Waals surface area contributed by atoms with Gasteiger partial charge in [0.25, 0.3) is 5.91 Å². The molecule has 0 saturated carbocycles. The molecule has 3 rings (SSSR count). The molecule has 2 N–H and O–H groups in total. The van der Waals surface area contributed by atoms with Crippen LogP contribution in [0, 0.1) is 17.5 Å². The average molecular weight is 362 g/mol. The summed E-state index contributed by atoms with van der Waals surface area (Å²) in [5.74, 6) is -4.38. The van der Waals surface area contributed by atoms with Gasteiger partial charge in [0.05, 0.1) is 17.9 Å². The van der Waals surface area contributed by atoms with Crippen molar-refractivity contribution in [1.29, 1.82) is 0 Å². The molecule has 0 spiro atoms. The standard InChI is InChI=1S/C14H14F3N5O.ClH/c15-9-5-11(17)12(6-10(9)16)19-14(23)13-7-22(21-20-13)8-1-3-18-4-2-8;/h5-8,18H,1-4H2,(H,19,23);1H. The Labute approximate surface area is 141 Å². The van der Waals surface area contributed by atoms with Crippen molar-refractivity contribution < 1.29 is 18.0 Å². The van der Waals surface area contributed by atoms with E-state index in [1.807, 2.05) is 0 Å². The highest BCUT2D eigenvalue weighted by molar-refractivity contribution is 6.02. The number of nitrogens with one attached hydrogen (secondary N) is 2. The van der Waals surface area contributed by atoms with E-state index in [9.17, 15) is 18.0 Å². The first-order valence-electron chi connectivity index (χ1n) is 7.13. The summed E-state index contributed by atoms with van der Waals surface area (Å²) in [6.45, 7) is 1.71. The van der Waals surface area contributed by atoms with E-state index >= 15 is 0 Å². The molecule has 0 unspecified atom stereocenters. The van der Waals surface area contributed by atoms with E-state index in [1.165, 1.54) is 6.20 Å². The summed E-state index contributed by atoms with van der Waals surface area (Å²) in [5, 5.41) is 13.0. The monoisotopic (exact) mass is 361 g/mol. The van der Waals surface area contributed by atoms with Gasteiger partial charge in [-0.05, 0) is 25.9 Å². The Morgan fingerprint density at radius 2 is 1.83 bits per heavy atom. The van der Waals surface area contributed by atoms with Gasteiger partial charge in [0.1, 0.15) is 5.82 Å². The third-order valence-corrected chi connectivity index (χ3v) is 3.68. The topological polar surface area (TPSA) is 71.8 Å². The molecule has 1 saturated heterocycles. The van der Waals surface area contributed by atoms with Gasteiger partial charge in [0.15, 0.2) is 17.3 Å². The fourth-order valence-electron chi connectivity index (χ4n) is 2.44. The average Bonchev–Trinajstić information content (AvgIpc) is 3.03. The van der Waals surface area contributed by atoms with Gasteiger partial charge in [0.2, 0.25) is 0 Å². The molecule has 0 aliphatic carbocycles. The number of carbonyl (C=O) groups is 1. The smallest absolute Gasteiger partial charge is 0.277 e. The van der Waals surface area contributed by atoms with Gasteiger partial charge >= 0.3 is 0 Å². The first kappa shape index (κ1) is 18.2. The summed E-state index contributed by atoms with van der Waals surface area (Å²) in [6.07, 6.45) is 3.19. The number of halogens is 4. The Morgan fingerprint density at radius 1 is 1.17 bits per heavy atom. The largest absolute Gasteiger partial charge is 0.318 e. The first-order chi connectivity index (χ1) is 11.0. The van der Waals surface area contributed by atoms with Crippen LogP contribution in [0.2, 0.25) is 0 Å². The second kappa shape index (κ2) is 7.63. The van der Waals surface area contributed by atoms with Crippen molar-refractivity contribution >= 4 is 24.0 Å². The van der Waals surface area contributed by atoms with E-state index in [0.29, 0.717) is 12.1 Å². The highest BCUT2D eigenvalue weighted by Crippen LogP contribution is 2.20. The highest BCUT2D eigenvalue weighted by atomic mass is 35.5. The van der Waals surface area contributed by atoms with Crippen molar-refractivity contribution in [2.24, 2.45) is 0 Å². The fraction of sp³-hybridized carbons (Fsp3) is 0.357. The van der Waals surface area contributed by atoms with Gasteiger partial charge in [0, 0.05) is 12.1 Å². The lowest BCUT2D eigenvalue weighted by Crippen LogP contribution is -2.29. The van der Waals surface area contributed by atoms with Crippen LogP contribution in [-0.4, -0.2) is 34.0 Å². The summed E-state index contributed by atoms with van der Waals surface area (Å²) in [6, 6.07) is 1.10. The van der Waals surface area contributed by atoms with Crippen LogP contribution in [0.5, 0.6) is 0 Å². The SMILES string of the molecule is Cl.O=C(Nc1cc(F)c(F)cc1F)c1cn(C2CCNCC2)nn1. The lowest BCUT2D eigenvalue weighted by atomic mass is 10.1. The minimum Gasteiger partial charge on any atom is -0.318 e. The van der Waals surface area contributed by atoms with Crippen LogP contribution in [-0.2, 0) is 0 Å². The zero-order valence-corrected chi connectivity index (χ0v) is 13.2. The maximum absolute atomic E-state index is 13.5. The van der Waals surface area contributed by atoms with Gasteiger partial charge in [-0.25, -0.2) is 17.9 Å². The molecular weight excluding hydrogens is 347 g/mol. The second-order valence-electron chi connectivity index (χ2n) is 5.27. The minimum atomic E-state index is -1.32. The van der Waals surface area contributed by atoms with E-state index < -0.39 is 29.0 Å².